The van der Waals surface area contributed by atoms with Crippen LogP contribution in [0.15, 0.2) is 12.1 Å². The van der Waals surface area contributed by atoms with E-state index in [1.807, 2.05) is 25.1 Å². The molecule has 0 unspecified atom stereocenters. The third-order valence-corrected chi connectivity index (χ3v) is 3.57. The van der Waals surface area contributed by atoms with Gasteiger partial charge in [-0.2, -0.15) is 0 Å². The molecule has 20 heavy (non-hydrogen) atoms. The first-order chi connectivity index (χ1) is 8.99. The van der Waals surface area contributed by atoms with Crippen LogP contribution in [0.4, 0.5) is 5.69 Å². The lowest BCUT2D eigenvalue weighted by molar-refractivity contribution is -0.138. The van der Waals surface area contributed by atoms with Crippen molar-refractivity contribution in [1.29, 1.82) is 0 Å². The van der Waals surface area contributed by atoms with Crippen LogP contribution in [0.1, 0.15) is 52.2 Å². The molecule has 0 saturated heterocycles. The van der Waals surface area contributed by atoms with E-state index in [2.05, 4.69) is 47.6 Å². The van der Waals surface area contributed by atoms with Gasteiger partial charge in [0.15, 0.2) is 5.75 Å². The Balaban J connectivity index is 3.46. The lowest BCUT2D eigenvalue weighted by Gasteiger charge is -2.35. The summed E-state index contributed by atoms with van der Waals surface area (Å²) in [6.07, 6.45) is 1.01. The number of anilines is 1. The second-order valence-electron chi connectivity index (χ2n) is 7.71. The van der Waals surface area contributed by atoms with Crippen molar-refractivity contribution in [3.63, 3.8) is 0 Å². The van der Waals surface area contributed by atoms with E-state index in [0.29, 0.717) is 5.75 Å². The van der Waals surface area contributed by atoms with Gasteiger partial charge in [-0.1, -0.05) is 40.7 Å². The first-order valence-electron chi connectivity index (χ1n) is 7.12. The van der Waals surface area contributed by atoms with Gasteiger partial charge >= 0.3 is 0 Å². The van der Waals surface area contributed by atoms with Crippen molar-refractivity contribution in [3.8, 4) is 5.75 Å². The van der Waals surface area contributed by atoms with Gasteiger partial charge in [0.1, 0.15) is 0 Å². The van der Waals surface area contributed by atoms with E-state index in [-0.39, 0.29) is 10.8 Å². The van der Waals surface area contributed by atoms with Crippen LogP contribution in [0.3, 0.4) is 0 Å². The molecule has 1 rings (SSSR count). The number of rotatable bonds is 4. The van der Waals surface area contributed by atoms with Gasteiger partial charge < -0.3 is 9.79 Å². The van der Waals surface area contributed by atoms with Crippen molar-refractivity contribution in [2.75, 3.05) is 19.0 Å². The fourth-order valence-corrected chi connectivity index (χ4v) is 3.37. The number of hydrogen-bond donors (Lipinski definition) is 1. The molecule has 3 nitrogen and oxygen atoms in total. The van der Waals surface area contributed by atoms with E-state index < -0.39 is 0 Å². The zero-order chi connectivity index (χ0) is 15.7. The van der Waals surface area contributed by atoms with Crippen molar-refractivity contribution in [3.05, 3.63) is 23.3 Å². The monoisotopic (exact) mass is 279 g/mol. The van der Waals surface area contributed by atoms with Crippen LogP contribution in [0.5, 0.6) is 5.75 Å². The molecule has 0 heterocycles. The van der Waals surface area contributed by atoms with Gasteiger partial charge in [0.05, 0.1) is 5.69 Å². The zero-order valence-corrected chi connectivity index (χ0v) is 14.2. The molecular formula is C17H29NO2. The minimum atomic E-state index is -0.0770. The summed E-state index contributed by atoms with van der Waals surface area (Å²) >= 11 is 0. The van der Waals surface area contributed by atoms with Crippen molar-refractivity contribution in [2.45, 2.75) is 53.4 Å². The third-order valence-electron chi connectivity index (χ3n) is 3.57. The molecule has 0 radical (unpaired) electrons. The highest BCUT2D eigenvalue weighted by atomic mass is 17.1. The van der Waals surface area contributed by atoms with Gasteiger partial charge in [-0.3, -0.25) is 0 Å². The van der Waals surface area contributed by atoms with Crippen molar-refractivity contribution >= 4 is 5.69 Å². The number of nitrogens with zero attached hydrogens (tertiary/aromatic N) is 1. The maximum absolute atomic E-state index is 9.41. The maximum atomic E-state index is 9.41. The highest BCUT2D eigenvalue weighted by molar-refractivity contribution is 5.64. The molecule has 0 aliphatic carbocycles. The average Bonchev–Trinajstić information content (AvgIpc) is 2.23. The Kier molecular flexibility index (Phi) is 4.75. The van der Waals surface area contributed by atoms with E-state index >= 15 is 0 Å². The lowest BCUT2D eigenvalue weighted by atomic mass is 9.70. The largest absolute Gasteiger partial charge is 0.375 e. The Morgan fingerprint density at radius 2 is 1.65 bits per heavy atom. The number of hydrogen-bond acceptors (Lipinski definition) is 3. The van der Waals surface area contributed by atoms with Crippen LogP contribution in [-0.2, 0) is 5.41 Å². The Morgan fingerprint density at radius 3 is 2.05 bits per heavy atom. The fraction of sp³-hybridized carbons (Fsp3) is 0.647. The summed E-state index contributed by atoms with van der Waals surface area (Å²) in [6.45, 7) is 13.2. The summed E-state index contributed by atoms with van der Waals surface area (Å²) in [5.41, 5.74) is 3.26. The summed E-state index contributed by atoms with van der Waals surface area (Å²) in [6, 6.07) is 4.08. The molecule has 1 aromatic rings. The summed E-state index contributed by atoms with van der Waals surface area (Å²) < 4.78 is 0. The Hall–Kier alpha value is -1.22. The predicted molar refractivity (Wildman–Crippen MR) is 85.9 cm³/mol. The summed E-state index contributed by atoms with van der Waals surface area (Å²) in [7, 11) is 3.90. The smallest absolute Gasteiger partial charge is 0.192 e. The second-order valence-corrected chi connectivity index (χ2v) is 7.71. The summed E-state index contributed by atoms with van der Waals surface area (Å²) in [5.74, 6) is 0.573. The van der Waals surface area contributed by atoms with Gasteiger partial charge in [0.25, 0.3) is 0 Å². The van der Waals surface area contributed by atoms with Gasteiger partial charge in [-0.05, 0) is 35.8 Å². The second kappa shape index (κ2) is 5.65. The molecule has 0 aliphatic heterocycles. The Bertz CT molecular complexity index is 471. The van der Waals surface area contributed by atoms with E-state index in [0.717, 1.165) is 23.2 Å². The van der Waals surface area contributed by atoms with Crippen molar-refractivity contribution in [1.82, 2.24) is 0 Å². The molecule has 0 atom stereocenters. The first kappa shape index (κ1) is 16.8. The van der Waals surface area contributed by atoms with E-state index in [1.54, 1.807) is 0 Å². The highest BCUT2D eigenvalue weighted by Crippen LogP contribution is 2.45. The molecule has 0 aliphatic rings. The van der Waals surface area contributed by atoms with Crippen LogP contribution in [0.25, 0.3) is 0 Å². The van der Waals surface area contributed by atoms with Crippen LogP contribution in [0, 0.1) is 12.3 Å². The Morgan fingerprint density at radius 1 is 1.10 bits per heavy atom. The highest BCUT2D eigenvalue weighted by Gasteiger charge is 2.33. The van der Waals surface area contributed by atoms with Crippen LogP contribution >= 0.6 is 0 Å². The zero-order valence-electron chi connectivity index (χ0n) is 14.2. The molecule has 0 spiro atoms. The molecular weight excluding hydrogens is 250 g/mol. The van der Waals surface area contributed by atoms with Crippen molar-refractivity contribution < 1.29 is 10.1 Å². The van der Waals surface area contributed by atoms with Crippen LogP contribution < -0.4 is 9.79 Å². The quantitative estimate of drug-likeness (QED) is 0.644. The van der Waals surface area contributed by atoms with Crippen LogP contribution in [-0.4, -0.2) is 19.4 Å². The van der Waals surface area contributed by atoms with Gasteiger partial charge in [0, 0.05) is 19.7 Å². The fourth-order valence-electron chi connectivity index (χ4n) is 3.37. The van der Waals surface area contributed by atoms with Gasteiger partial charge in [-0.15, -0.1) is 0 Å². The molecule has 3 heteroatoms. The minimum Gasteiger partial charge on any atom is -0.375 e. The number of aryl methyl sites for hydroxylation is 1. The van der Waals surface area contributed by atoms with E-state index in [4.69, 9.17) is 4.89 Å². The lowest BCUT2D eigenvalue weighted by Crippen LogP contribution is -2.27. The van der Waals surface area contributed by atoms with Gasteiger partial charge in [-0.25, -0.2) is 5.26 Å². The molecule has 1 N–H and O–H groups in total. The minimum absolute atomic E-state index is 0.0770. The number of benzene rings is 1. The van der Waals surface area contributed by atoms with E-state index in [9.17, 15) is 5.26 Å². The average molecular weight is 279 g/mol. The molecule has 0 aromatic heterocycles. The van der Waals surface area contributed by atoms with Crippen LogP contribution in [0.2, 0.25) is 0 Å². The summed E-state index contributed by atoms with van der Waals surface area (Å²) in [5, 5.41) is 9.41. The summed E-state index contributed by atoms with van der Waals surface area (Å²) in [4.78, 5) is 6.74. The SMILES string of the molecule is Cc1ccc(N(C)C)c(OO)c1C(C)(C)CC(C)(C)C. The molecule has 0 amide bonds. The molecule has 114 valence electrons. The van der Waals surface area contributed by atoms with E-state index in [1.165, 1.54) is 0 Å². The third kappa shape index (κ3) is 3.66. The predicted octanol–water partition coefficient (Wildman–Crippen LogP) is 4.63. The topological polar surface area (TPSA) is 32.7 Å². The standard InChI is InChI=1S/C17H29NO2/c1-12-9-10-13(18(7)8)15(20-19)14(12)17(5,6)11-16(2,3)4/h9-10,19H,11H2,1-8H3. The molecule has 0 bridgehead atoms. The Labute approximate surface area is 123 Å². The molecule has 1 aromatic carbocycles. The van der Waals surface area contributed by atoms with Crippen molar-refractivity contribution in [2.24, 2.45) is 5.41 Å². The molecule has 0 fully saturated rings. The normalized spacial score (nSPS) is 12.4. The van der Waals surface area contributed by atoms with Gasteiger partial charge in [0.2, 0.25) is 0 Å². The first-order valence-corrected chi connectivity index (χ1v) is 7.12. The maximum Gasteiger partial charge on any atom is 0.192 e. The molecule has 0 saturated carbocycles.